The Hall–Kier alpha value is -4.67. The van der Waals surface area contributed by atoms with Crippen LogP contribution in [0.2, 0.25) is 5.02 Å². The summed E-state index contributed by atoms with van der Waals surface area (Å²) in [5, 5.41) is 14.4. The molecule has 11 heteroatoms. The first-order valence-corrected chi connectivity index (χ1v) is 15.5. The van der Waals surface area contributed by atoms with E-state index in [1.807, 2.05) is 47.3 Å². The second-order valence-corrected chi connectivity index (χ2v) is 12.2. The van der Waals surface area contributed by atoms with Crippen LogP contribution in [0.3, 0.4) is 0 Å². The molecule has 6 rings (SSSR count). The number of rotatable bonds is 12. The van der Waals surface area contributed by atoms with Gasteiger partial charge >= 0.3 is 0 Å². The average molecular weight is 614 g/mol. The number of fused-ring (bicyclic) bond motifs is 2. The number of hydrogen-bond donors (Lipinski definition) is 1. The third-order valence-corrected chi connectivity index (χ3v) is 8.86. The number of aryl methyl sites for hydroxylation is 1. The first-order valence-electron chi connectivity index (χ1n) is 13.7. The Morgan fingerprint density at radius 1 is 0.930 bits per heavy atom. The lowest BCUT2D eigenvalue weighted by Gasteiger charge is -2.15. The molecule has 0 saturated heterocycles. The largest absolute Gasteiger partial charge is 0.493 e. The Morgan fingerprint density at radius 3 is 2.58 bits per heavy atom. The number of nitrogens with zero attached hydrogens (tertiary/aromatic N) is 4. The number of allylic oxidation sites excluding steroid dienone is 1. The molecule has 0 aliphatic heterocycles. The zero-order chi connectivity index (χ0) is 29.8. The average Bonchev–Trinajstić information content (AvgIpc) is 3.70. The highest BCUT2D eigenvalue weighted by atomic mass is 35.5. The Morgan fingerprint density at radius 2 is 1.74 bits per heavy atom. The van der Waals surface area contributed by atoms with E-state index in [2.05, 4.69) is 57.0 Å². The fourth-order valence-electron chi connectivity index (χ4n) is 4.90. The molecule has 0 fully saturated rings. The van der Waals surface area contributed by atoms with E-state index in [1.54, 1.807) is 6.20 Å². The number of ether oxygens (including phenoxy) is 1. The monoisotopic (exact) mass is 613 g/mol. The maximum atomic E-state index is 13.1. The molecule has 0 bridgehead atoms. The molecule has 0 unspecified atom stereocenters. The highest BCUT2D eigenvalue weighted by Gasteiger charge is 2.22. The number of sulfonamides is 1. The van der Waals surface area contributed by atoms with Crippen molar-refractivity contribution in [2.75, 3.05) is 6.61 Å². The molecule has 0 amide bonds. The van der Waals surface area contributed by atoms with E-state index >= 15 is 0 Å². The molecule has 43 heavy (non-hydrogen) atoms. The van der Waals surface area contributed by atoms with Crippen LogP contribution in [0, 0.1) is 0 Å². The lowest BCUT2D eigenvalue weighted by atomic mass is 10.0. The van der Waals surface area contributed by atoms with Gasteiger partial charge in [-0.15, -0.1) is 0 Å². The number of benzene rings is 4. The fourth-order valence-corrected chi connectivity index (χ4v) is 6.32. The minimum absolute atomic E-state index is 0.0580. The van der Waals surface area contributed by atoms with Crippen molar-refractivity contribution < 1.29 is 17.8 Å². The zero-order valence-corrected chi connectivity index (χ0v) is 24.7. The summed E-state index contributed by atoms with van der Waals surface area (Å²) in [5.41, 5.74) is 3.73. The summed E-state index contributed by atoms with van der Waals surface area (Å²) in [6.07, 6.45) is 5.26. The van der Waals surface area contributed by atoms with Crippen molar-refractivity contribution in [1.82, 2.24) is 24.8 Å². The molecule has 0 aliphatic rings. The molecule has 2 heterocycles. The maximum Gasteiger partial charge on any atom is 0.263 e. The Labute approximate surface area is 253 Å². The minimum Gasteiger partial charge on any atom is -0.493 e. The molecule has 4 aromatic carbocycles. The van der Waals surface area contributed by atoms with E-state index in [0.29, 0.717) is 31.7 Å². The quantitative estimate of drug-likeness (QED) is 0.172. The zero-order valence-electron chi connectivity index (χ0n) is 23.1. The number of nitrogens with one attached hydrogen (secondary N) is 1. The Kier molecular flexibility index (Phi) is 8.13. The van der Waals surface area contributed by atoms with Crippen LogP contribution in [-0.4, -0.2) is 35.1 Å². The predicted octanol–water partition coefficient (Wildman–Crippen LogP) is 6.32. The minimum atomic E-state index is -4.00. The van der Waals surface area contributed by atoms with Gasteiger partial charge in [0.15, 0.2) is 11.0 Å². The lowest BCUT2D eigenvalue weighted by Crippen LogP contribution is -2.23. The maximum absolute atomic E-state index is 13.1. The fraction of sp³-hybridized carbons (Fsp3) is 0.156. The van der Waals surface area contributed by atoms with Crippen molar-refractivity contribution in [2.45, 2.75) is 30.7 Å². The van der Waals surface area contributed by atoms with Crippen LogP contribution in [-0.2, 0) is 29.4 Å². The first-order chi connectivity index (χ1) is 20.9. The molecule has 0 atom stereocenters. The number of aromatic nitrogens is 4. The van der Waals surface area contributed by atoms with Crippen LogP contribution < -0.4 is 9.46 Å². The summed E-state index contributed by atoms with van der Waals surface area (Å²) in [7, 11) is -4.00. The highest BCUT2D eigenvalue weighted by Crippen LogP contribution is 2.28. The molecule has 0 aliphatic carbocycles. The molecule has 2 aromatic heterocycles. The van der Waals surface area contributed by atoms with E-state index in [4.69, 9.17) is 21.0 Å². The summed E-state index contributed by atoms with van der Waals surface area (Å²) in [6, 6.07) is 25.5. The van der Waals surface area contributed by atoms with E-state index < -0.39 is 10.0 Å². The molecular formula is C32H28ClN5O4S. The standard InChI is InChI=1S/C32H28ClN5O4S/c1-22(37-43(39,40)30-14-13-28(33)31-32(30)36-42-35-31)7-10-26-12-9-24(21-38-17-4-16-34-38)20-29(26)41-18-15-23-8-11-25-5-2-3-6-27(25)19-23/h2-6,8-9,11-14,16-17,19-20,37H,1,7,10,15,18,21H2. The van der Waals surface area contributed by atoms with E-state index in [1.165, 1.54) is 28.5 Å². The van der Waals surface area contributed by atoms with Crippen molar-refractivity contribution in [1.29, 1.82) is 0 Å². The third kappa shape index (κ3) is 6.55. The molecule has 1 N–H and O–H groups in total. The summed E-state index contributed by atoms with van der Waals surface area (Å²) in [6.45, 7) is 5.05. The summed E-state index contributed by atoms with van der Waals surface area (Å²) >= 11 is 6.09. The number of hydrogen-bond acceptors (Lipinski definition) is 7. The van der Waals surface area contributed by atoms with Gasteiger partial charge in [-0.1, -0.05) is 72.8 Å². The van der Waals surface area contributed by atoms with Gasteiger partial charge in [-0.25, -0.2) is 13.0 Å². The van der Waals surface area contributed by atoms with Crippen LogP contribution in [0.1, 0.15) is 23.1 Å². The summed E-state index contributed by atoms with van der Waals surface area (Å²) < 4.78 is 41.7. The van der Waals surface area contributed by atoms with E-state index in [0.717, 1.165) is 23.3 Å². The molecule has 6 aromatic rings. The molecule has 218 valence electrons. The molecule has 0 radical (unpaired) electrons. The summed E-state index contributed by atoms with van der Waals surface area (Å²) in [5.74, 6) is 0.745. The lowest BCUT2D eigenvalue weighted by molar-refractivity contribution is 0.315. The Bertz CT molecular complexity index is 2020. The summed E-state index contributed by atoms with van der Waals surface area (Å²) in [4.78, 5) is -0.0880. The van der Waals surface area contributed by atoms with Gasteiger partial charge in [0.2, 0.25) is 0 Å². The smallest absolute Gasteiger partial charge is 0.263 e. The topological polar surface area (TPSA) is 112 Å². The van der Waals surface area contributed by atoms with Gasteiger partial charge in [0.05, 0.1) is 18.2 Å². The molecule has 0 saturated carbocycles. The molecule has 9 nitrogen and oxygen atoms in total. The second kappa shape index (κ2) is 12.3. The second-order valence-electron chi connectivity index (χ2n) is 10.1. The van der Waals surface area contributed by atoms with Gasteiger partial charge in [0, 0.05) is 24.5 Å². The van der Waals surface area contributed by atoms with Crippen molar-refractivity contribution in [3.8, 4) is 5.75 Å². The van der Waals surface area contributed by atoms with Crippen LogP contribution in [0.5, 0.6) is 5.75 Å². The van der Waals surface area contributed by atoms with Gasteiger partial charge in [0.25, 0.3) is 10.0 Å². The van der Waals surface area contributed by atoms with Crippen molar-refractivity contribution in [3.05, 3.63) is 125 Å². The molecular weight excluding hydrogens is 586 g/mol. The molecule has 0 spiro atoms. The third-order valence-electron chi connectivity index (χ3n) is 7.09. The number of halogens is 1. The van der Waals surface area contributed by atoms with Gasteiger partial charge in [-0.05, 0) is 74.9 Å². The van der Waals surface area contributed by atoms with Crippen LogP contribution >= 0.6 is 11.6 Å². The normalized spacial score (nSPS) is 11.7. The predicted molar refractivity (Wildman–Crippen MR) is 166 cm³/mol. The van der Waals surface area contributed by atoms with E-state index in [-0.39, 0.29) is 21.0 Å². The van der Waals surface area contributed by atoms with Gasteiger partial charge in [-0.3, -0.25) is 9.40 Å². The van der Waals surface area contributed by atoms with Gasteiger partial charge < -0.3 is 4.74 Å². The van der Waals surface area contributed by atoms with Crippen molar-refractivity contribution in [2.24, 2.45) is 0 Å². The van der Waals surface area contributed by atoms with Gasteiger partial charge in [-0.2, -0.15) is 5.10 Å². The van der Waals surface area contributed by atoms with Crippen molar-refractivity contribution in [3.63, 3.8) is 0 Å². The van der Waals surface area contributed by atoms with Crippen molar-refractivity contribution >= 4 is 43.4 Å². The highest BCUT2D eigenvalue weighted by molar-refractivity contribution is 7.89. The van der Waals surface area contributed by atoms with Crippen LogP contribution in [0.4, 0.5) is 0 Å². The van der Waals surface area contributed by atoms with Gasteiger partial charge in [0.1, 0.15) is 10.6 Å². The van der Waals surface area contributed by atoms with Crippen LogP contribution in [0.25, 0.3) is 21.8 Å². The Balaban J connectivity index is 1.15. The van der Waals surface area contributed by atoms with E-state index in [9.17, 15) is 8.42 Å². The first kappa shape index (κ1) is 28.4. The van der Waals surface area contributed by atoms with Crippen LogP contribution in [0.15, 0.2) is 113 Å². The SMILES string of the molecule is C=C(CCc1ccc(Cn2cccn2)cc1OCCc1ccc2ccccc2c1)NS(=O)(=O)c1ccc(Cl)c2nonc12.